The summed E-state index contributed by atoms with van der Waals surface area (Å²) >= 11 is 0. The van der Waals surface area contributed by atoms with E-state index in [0.29, 0.717) is 29.4 Å². The monoisotopic (exact) mass is 342 g/mol. The summed E-state index contributed by atoms with van der Waals surface area (Å²) in [4.78, 5) is 12.6. The van der Waals surface area contributed by atoms with Gasteiger partial charge in [0.25, 0.3) is 0 Å². The van der Waals surface area contributed by atoms with Crippen molar-refractivity contribution in [2.24, 2.45) is 11.1 Å². The molecule has 0 spiro atoms. The molecular formula is C18H18N2O5. The molecule has 1 unspecified atom stereocenters. The number of methoxy groups -OCH3 is 2. The number of anilines is 1. The minimum atomic E-state index is -0.744. The van der Waals surface area contributed by atoms with Crippen molar-refractivity contribution >= 4 is 17.5 Å². The second kappa shape index (κ2) is 7.12. The molecule has 0 bridgehead atoms. The lowest BCUT2D eigenvalue weighted by atomic mass is 9.94. The standard InChI is InChI=1S/C18H18N2O5/c1-23-13-8-6-12(7-9-13)19-17(21)14-10-11-4-3-5-15(24-2)16(11)25-18(14)20-22/h3-9,14,22H,10H2,1-2H3,(H,19,21). The number of rotatable bonds is 4. The van der Waals surface area contributed by atoms with Gasteiger partial charge < -0.3 is 24.7 Å². The lowest BCUT2D eigenvalue weighted by molar-refractivity contribution is -0.118. The third-order valence-corrected chi connectivity index (χ3v) is 3.98. The molecular weight excluding hydrogens is 324 g/mol. The number of nitrogens with one attached hydrogen (secondary N) is 1. The molecule has 0 saturated carbocycles. The fourth-order valence-corrected chi connectivity index (χ4v) is 2.68. The van der Waals surface area contributed by atoms with E-state index in [1.54, 1.807) is 37.4 Å². The molecule has 1 amide bonds. The van der Waals surface area contributed by atoms with Gasteiger partial charge in [-0.25, -0.2) is 0 Å². The summed E-state index contributed by atoms with van der Waals surface area (Å²) in [5, 5.41) is 15.2. The van der Waals surface area contributed by atoms with Gasteiger partial charge in [0.2, 0.25) is 11.8 Å². The van der Waals surface area contributed by atoms with E-state index in [9.17, 15) is 10.0 Å². The van der Waals surface area contributed by atoms with Crippen molar-refractivity contribution in [3.63, 3.8) is 0 Å². The molecule has 1 heterocycles. The maximum absolute atomic E-state index is 12.6. The summed E-state index contributed by atoms with van der Waals surface area (Å²) in [6.07, 6.45) is 0.341. The van der Waals surface area contributed by atoms with Crippen molar-refractivity contribution in [2.75, 3.05) is 19.5 Å². The Morgan fingerprint density at radius 3 is 2.60 bits per heavy atom. The molecule has 3 rings (SSSR count). The van der Waals surface area contributed by atoms with Crippen molar-refractivity contribution in [1.29, 1.82) is 0 Å². The zero-order chi connectivity index (χ0) is 17.8. The van der Waals surface area contributed by atoms with E-state index in [0.717, 1.165) is 5.56 Å². The number of nitrogens with zero attached hydrogens (tertiary/aromatic N) is 1. The summed E-state index contributed by atoms with van der Waals surface area (Å²) in [5.41, 5.74) is 1.42. The lowest BCUT2D eigenvalue weighted by Gasteiger charge is -2.26. The molecule has 1 aliphatic rings. The summed E-state index contributed by atoms with van der Waals surface area (Å²) in [7, 11) is 3.10. The first-order valence-electron chi connectivity index (χ1n) is 7.67. The molecule has 2 aromatic rings. The summed E-state index contributed by atoms with van der Waals surface area (Å²) in [6.45, 7) is 0. The number of oxime groups is 1. The number of ether oxygens (including phenoxy) is 3. The molecule has 0 radical (unpaired) electrons. The molecule has 25 heavy (non-hydrogen) atoms. The number of carbonyl (C=O) groups is 1. The molecule has 0 fully saturated rings. The molecule has 1 aliphatic heterocycles. The predicted octanol–water partition coefficient (Wildman–Crippen LogP) is 2.68. The maximum Gasteiger partial charge on any atom is 0.244 e. The second-order valence-corrected chi connectivity index (χ2v) is 5.46. The fraction of sp³-hybridized carbons (Fsp3) is 0.222. The fourth-order valence-electron chi connectivity index (χ4n) is 2.68. The Labute approximate surface area is 144 Å². The molecule has 130 valence electrons. The van der Waals surface area contributed by atoms with E-state index in [-0.39, 0.29) is 11.8 Å². The largest absolute Gasteiger partial charge is 0.497 e. The molecule has 7 nitrogen and oxygen atoms in total. The van der Waals surface area contributed by atoms with Gasteiger partial charge in [-0.3, -0.25) is 4.79 Å². The van der Waals surface area contributed by atoms with E-state index >= 15 is 0 Å². The Balaban J connectivity index is 1.81. The number of fused-ring (bicyclic) bond motifs is 1. The number of benzene rings is 2. The zero-order valence-corrected chi connectivity index (χ0v) is 13.9. The van der Waals surface area contributed by atoms with Gasteiger partial charge in [0.1, 0.15) is 11.7 Å². The van der Waals surface area contributed by atoms with E-state index in [4.69, 9.17) is 14.2 Å². The molecule has 2 N–H and O–H groups in total. The van der Waals surface area contributed by atoms with Gasteiger partial charge in [0, 0.05) is 11.3 Å². The Kier molecular flexibility index (Phi) is 4.74. The van der Waals surface area contributed by atoms with Gasteiger partial charge in [-0.1, -0.05) is 17.3 Å². The lowest BCUT2D eigenvalue weighted by Crippen LogP contribution is -2.37. The van der Waals surface area contributed by atoms with Gasteiger partial charge >= 0.3 is 0 Å². The Bertz CT molecular complexity index is 802. The van der Waals surface area contributed by atoms with E-state index in [1.807, 2.05) is 12.1 Å². The Morgan fingerprint density at radius 2 is 1.96 bits per heavy atom. The topological polar surface area (TPSA) is 89.4 Å². The first kappa shape index (κ1) is 16.6. The molecule has 0 aromatic heterocycles. The van der Waals surface area contributed by atoms with Crippen LogP contribution in [-0.4, -0.2) is 31.2 Å². The van der Waals surface area contributed by atoms with E-state index in [2.05, 4.69) is 10.5 Å². The second-order valence-electron chi connectivity index (χ2n) is 5.46. The van der Waals surface area contributed by atoms with Gasteiger partial charge in [0.15, 0.2) is 11.5 Å². The van der Waals surface area contributed by atoms with Crippen LogP contribution in [0.5, 0.6) is 17.2 Å². The van der Waals surface area contributed by atoms with E-state index in [1.165, 1.54) is 7.11 Å². The summed E-state index contributed by atoms with van der Waals surface area (Å²) < 4.78 is 15.9. The number of carbonyl (C=O) groups excluding carboxylic acids is 1. The quantitative estimate of drug-likeness (QED) is 0.659. The molecule has 7 heteroatoms. The third kappa shape index (κ3) is 3.35. The Morgan fingerprint density at radius 1 is 1.20 bits per heavy atom. The third-order valence-electron chi connectivity index (χ3n) is 3.98. The van der Waals surface area contributed by atoms with E-state index < -0.39 is 5.92 Å². The van der Waals surface area contributed by atoms with Gasteiger partial charge in [-0.05, 0) is 36.8 Å². The van der Waals surface area contributed by atoms with Crippen molar-refractivity contribution in [2.45, 2.75) is 6.42 Å². The van der Waals surface area contributed by atoms with Crippen molar-refractivity contribution in [1.82, 2.24) is 0 Å². The van der Waals surface area contributed by atoms with Crippen molar-refractivity contribution in [3.05, 3.63) is 48.0 Å². The van der Waals surface area contributed by atoms with Crippen LogP contribution in [0.15, 0.2) is 47.6 Å². The number of amides is 1. The van der Waals surface area contributed by atoms with Crippen molar-refractivity contribution < 1.29 is 24.2 Å². The number of hydrogen-bond acceptors (Lipinski definition) is 6. The number of para-hydroxylation sites is 1. The van der Waals surface area contributed by atoms with Crippen LogP contribution in [0, 0.1) is 5.92 Å². The smallest absolute Gasteiger partial charge is 0.244 e. The zero-order valence-electron chi connectivity index (χ0n) is 13.9. The first-order valence-corrected chi connectivity index (χ1v) is 7.67. The number of hydrogen-bond donors (Lipinski definition) is 2. The highest BCUT2D eigenvalue weighted by atomic mass is 16.5. The van der Waals surface area contributed by atoms with Crippen LogP contribution in [0.3, 0.4) is 0 Å². The van der Waals surface area contributed by atoms with Gasteiger partial charge in [-0.15, -0.1) is 0 Å². The minimum Gasteiger partial charge on any atom is -0.497 e. The van der Waals surface area contributed by atoms with Gasteiger partial charge in [0.05, 0.1) is 14.2 Å². The first-order chi connectivity index (χ1) is 12.2. The van der Waals surface area contributed by atoms with Crippen LogP contribution in [0.25, 0.3) is 0 Å². The van der Waals surface area contributed by atoms with Crippen LogP contribution >= 0.6 is 0 Å². The Hall–Kier alpha value is -3.22. The van der Waals surface area contributed by atoms with Crippen LogP contribution < -0.4 is 19.5 Å². The summed E-state index contributed by atoms with van der Waals surface area (Å²) in [6, 6.07) is 12.4. The average Bonchev–Trinajstić information content (AvgIpc) is 2.66. The molecule has 0 saturated heterocycles. The van der Waals surface area contributed by atoms with Crippen LogP contribution in [0.2, 0.25) is 0 Å². The molecule has 1 atom stereocenters. The predicted molar refractivity (Wildman–Crippen MR) is 91.7 cm³/mol. The van der Waals surface area contributed by atoms with Crippen molar-refractivity contribution in [3.8, 4) is 17.2 Å². The van der Waals surface area contributed by atoms with Crippen LogP contribution in [0.4, 0.5) is 5.69 Å². The minimum absolute atomic E-state index is 0.0667. The molecule has 2 aromatic carbocycles. The van der Waals surface area contributed by atoms with Crippen LogP contribution in [0.1, 0.15) is 5.56 Å². The molecule has 0 aliphatic carbocycles. The summed E-state index contributed by atoms with van der Waals surface area (Å²) in [5.74, 6) is 0.540. The van der Waals surface area contributed by atoms with Gasteiger partial charge in [-0.2, -0.15) is 0 Å². The average molecular weight is 342 g/mol. The highest BCUT2D eigenvalue weighted by Crippen LogP contribution is 2.37. The highest BCUT2D eigenvalue weighted by molar-refractivity contribution is 6.08. The maximum atomic E-state index is 12.6. The highest BCUT2D eigenvalue weighted by Gasteiger charge is 2.34. The SMILES string of the molecule is COc1ccc(NC(=O)C2Cc3cccc(OC)c3OC2=NO)cc1. The van der Waals surface area contributed by atoms with Crippen LogP contribution in [-0.2, 0) is 11.2 Å². The normalized spacial score (nSPS) is 17.4.